The van der Waals surface area contributed by atoms with Crippen LogP contribution in [0, 0.1) is 0 Å². The molecular formula is C47H34Cl3F12N9O2. The summed E-state index contributed by atoms with van der Waals surface area (Å²) in [6.07, 6.45) is -13.2. The van der Waals surface area contributed by atoms with Crippen LogP contribution < -0.4 is 4.90 Å². The Morgan fingerprint density at radius 3 is 1.30 bits per heavy atom. The van der Waals surface area contributed by atoms with Gasteiger partial charge in [-0.2, -0.15) is 52.7 Å². The number of aromatic nitrogens is 8. The van der Waals surface area contributed by atoms with Gasteiger partial charge in [0.1, 0.15) is 22.4 Å². The Morgan fingerprint density at radius 1 is 0.534 bits per heavy atom. The van der Waals surface area contributed by atoms with E-state index in [0.717, 1.165) is 37.0 Å². The zero-order chi connectivity index (χ0) is 53.2. The molecular weight excluding hydrogens is 1060 g/mol. The van der Waals surface area contributed by atoms with E-state index in [0.29, 0.717) is 24.7 Å². The highest BCUT2D eigenvalue weighted by molar-refractivity contribution is 6.39. The minimum absolute atomic E-state index is 0.00903. The Bertz CT molecular complexity index is 3340. The van der Waals surface area contributed by atoms with Gasteiger partial charge in [0.25, 0.3) is 0 Å². The number of hydrogen-bond donors (Lipinski definition) is 2. The number of benzene rings is 2. The van der Waals surface area contributed by atoms with Gasteiger partial charge in [0, 0.05) is 72.6 Å². The van der Waals surface area contributed by atoms with Crippen molar-refractivity contribution in [2.75, 3.05) is 18.0 Å². The van der Waals surface area contributed by atoms with Gasteiger partial charge in [0.05, 0.1) is 70.4 Å². The Balaban J connectivity index is 0.000000196. The topological polar surface area (TPSA) is 131 Å². The highest BCUT2D eigenvalue weighted by atomic mass is 35.5. The average Bonchev–Trinajstić information content (AvgIpc) is 3.95. The summed E-state index contributed by atoms with van der Waals surface area (Å²) in [5.41, 5.74) is -6.10. The fraction of sp³-hybridized carbons (Fsp3) is 0.277. The van der Waals surface area contributed by atoms with E-state index in [1.54, 1.807) is 19.0 Å². The Kier molecular flexibility index (Phi) is 14.0. The van der Waals surface area contributed by atoms with E-state index >= 15 is 0 Å². The molecule has 1 saturated heterocycles. The molecule has 0 bridgehead atoms. The van der Waals surface area contributed by atoms with Crippen molar-refractivity contribution in [3.63, 3.8) is 0 Å². The first-order valence-corrected chi connectivity index (χ1v) is 22.4. The van der Waals surface area contributed by atoms with Gasteiger partial charge in [0.15, 0.2) is 11.2 Å². The molecule has 1 aliphatic heterocycles. The van der Waals surface area contributed by atoms with Gasteiger partial charge in [-0.3, -0.25) is 9.97 Å². The van der Waals surface area contributed by atoms with Crippen LogP contribution in [0.15, 0.2) is 98.1 Å². The summed E-state index contributed by atoms with van der Waals surface area (Å²) in [4.78, 5) is 25.0. The third-order valence-corrected chi connectivity index (χ3v) is 13.2. The molecule has 0 aliphatic carbocycles. The molecule has 0 saturated carbocycles. The maximum Gasteiger partial charge on any atom is 0.433 e. The number of nitrogens with zero attached hydrogens (tertiary/aromatic N) is 9. The first-order chi connectivity index (χ1) is 34.0. The zero-order valence-electron chi connectivity index (χ0n) is 37.4. The molecule has 7 heterocycles. The molecule has 1 aliphatic rings. The molecule has 1 fully saturated rings. The van der Waals surface area contributed by atoms with Crippen molar-refractivity contribution >= 4 is 62.4 Å². The molecule has 384 valence electrons. The molecule has 11 nitrogen and oxygen atoms in total. The number of aryl methyl sites for hydroxylation is 2. The minimum Gasteiger partial charge on any atom is -0.374 e. The second-order valence-electron chi connectivity index (χ2n) is 16.9. The first kappa shape index (κ1) is 53.0. The van der Waals surface area contributed by atoms with Crippen LogP contribution in [-0.4, -0.2) is 74.7 Å². The van der Waals surface area contributed by atoms with E-state index in [9.17, 15) is 62.9 Å². The van der Waals surface area contributed by atoms with Crippen LogP contribution in [0.3, 0.4) is 0 Å². The van der Waals surface area contributed by atoms with Crippen molar-refractivity contribution in [2.45, 2.75) is 55.2 Å². The van der Waals surface area contributed by atoms with Crippen molar-refractivity contribution in [2.24, 2.45) is 14.1 Å². The van der Waals surface area contributed by atoms with E-state index in [1.807, 2.05) is 0 Å². The number of rotatable bonds is 9. The quantitative estimate of drug-likeness (QED) is 0.107. The molecule has 2 unspecified atom stereocenters. The van der Waals surface area contributed by atoms with Crippen LogP contribution >= 0.6 is 34.8 Å². The molecule has 9 rings (SSSR count). The van der Waals surface area contributed by atoms with Gasteiger partial charge in [-0.05, 0) is 53.9 Å². The minimum atomic E-state index is -4.69. The summed E-state index contributed by atoms with van der Waals surface area (Å²) in [6, 6.07) is 12.1. The number of aliphatic hydroxyl groups is 2. The van der Waals surface area contributed by atoms with E-state index in [1.165, 1.54) is 70.6 Å². The van der Waals surface area contributed by atoms with E-state index in [-0.39, 0.29) is 71.4 Å². The number of anilines is 1. The van der Waals surface area contributed by atoms with Gasteiger partial charge < -0.3 is 24.2 Å². The fourth-order valence-electron chi connectivity index (χ4n) is 8.32. The molecule has 0 radical (unpaired) electrons. The third kappa shape index (κ3) is 10.5. The Labute approximate surface area is 419 Å². The monoisotopic (exact) mass is 1090 g/mol. The molecule has 8 aromatic rings. The van der Waals surface area contributed by atoms with Crippen LogP contribution in [0.5, 0.6) is 0 Å². The molecule has 73 heavy (non-hydrogen) atoms. The van der Waals surface area contributed by atoms with Crippen molar-refractivity contribution in [3.05, 3.63) is 169 Å². The summed E-state index contributed by atoms with van der Waals surface area (Å²) in [7, 11) is 3.14. The van der Waals surface area contributed by atoms with Crippen LogP contribution in [0.2, 0.25) is 15.2 Å². The molecule has 2 N–H and O–H groups in total. The third-order valence-electron chi connectivity index (χ3n) is 12.0. The van der Waals surface area contributed by atoms with Crippen LogP contribution in [0.25, 0.3) is 21.8 Å². The van der Waals surface area contributed by atoms with E-state index in [2.05, 4.69) is 29.9 Å². The predicted octanol–water partition coefficient (Wildman–Crippen LogP) is 11.7. The number of pyridine rings is 4. The lowest BCUT2D eigenvalue weighted by molar-refractivity contribution is -0.142. The summed E-state index contributed by atoms with van der Waals surface area (Å²) in [5, 5.41) is 23.3. The second-order valence-corrected chi connectivity index (χ2v) is 18.0. The number of halogens is 15. The van der Waals surface area contributed by atoms with Gasteiger partial charge in [-0.1, -0.05) is 59.1 Å². The number of fused-ring (bicyclic) bond motifs is 2. The lowest BCUT2D eigenvalue weighted by atomic mass is 9.83. The van der Waals surface area contributed by atoms with Crippen LogP contribution in [-0.2, 0) is 50.5 Å². The molecule has 2 aromatic carbocycles. The highest BCUT2D eigenvalue weighted by Crippen LogP contribution is 2.44. The largest absolute Gasteiger partial charge is 0.433 e. The van der Waals surface area contributed by atoms with Crippen molar-refractivity contribution in [3.8, 4) is 0 Å². The maximum atomic E-state index is 13.5. The number of alkyl halides is 12. The molecule has 0 amide bonds. The maximum absolute atomic E-state index is 13.5. The van der Waals surface area contributed by atoms with Crippen molar-refractivity contribution in [1.29, 1.82) is 0 Å². The van der Waals surface area contributed by atoms with Gasteiger partial charge in [-0.25, -0.2) is 19.9 Å². The standard InChI is InChI=1S/C25H20ClF6N5O.C22H14Cl2F6N4O/c1-36-13-33-12-20(36)24(38,15-4-6-19(34-11-15)25(30,31)32)14-3-5-18-16(9-14)21(26)17(10-23(27,28)29)22(35-18)37-7-2-8-37;1-34-10-31-9-17(34)21(35,12-3-5-16(32-8-12)22(28,29)30)11-2-4-15-13(6-11)18(23)14(19(24)33-15)7-20(25,26)27/h3-6,9,11-13,38H,2,7-8,10H2,1H3;2-6,8-10,35H,7H2,1H3. The average molecular weight is 1090 g/mol. The number of imidazole rings is 2. The SMILES string of the molecule is Cn1cncc1C(O)(c1ccc(C(F)(F)F)nc1)c1ccc2nc(Cl)c(CC(F)(F)F)c(Cl)c2c1.Cn1cncc1C(O)(c1ccc(C(F)(F)F)nc1)c1ccc2nc(N3CCC3)c(CC(F)(F)F)c(Cl)c2c1. The van der Waals surface area contributed by atoms with Crippen molar-refractivity contribution < 1.29 is 62.9 Å². The van der Waals surface area contributed by atoms with Crippen molar-refractivity contribution in [1.82, 2.24) is 39.0 Å². The van der Waals surface area contributed by atoms with Gasteiger partial charge in [-0.15, -0.1) is 0 Å². The van der Waals surface area contributed by atoms with Gasteiger partial charge >= 0.3 is 24.7 Å². The first-order valence-electron chi connectivity index (χ1n) is 21.3. The summed E-state index contributed by atoms with van der Waals surface area (Å²) in [5.74, 6) is 0.160. The van der Waals surface area contributed by atoms with Crippen LogP contribution in [0.1, 0.15) is 62.6 Å². The molecule has 6 aromatic heterocycles. The Morgan fingerprint density at radius 2 is 0.945 bits per heavy atom. The lowest BCUT2D eigenvalue weighted by Gasteiger charge is -2.34. The zero-order valence-corrected chi connectivity index (χ0v) is 39.6. The molecule has 0 spiro atoms. The summed E-state index contributed by atoms with van der Waals surface area (Å²) in [6.45, 7) is 1.11. The summed E-state index contributed by atoms with van der Waals surface area (Å²) >= 11 is 18.8. The normalized spacial score (nSPS) is 15.2. The fourth-order valence-corrected chi connectivity index (χ4v) is 9.23. The highest BCUT2D eigenvalue weighted by Gasteiger charge is 2.42. The molecule has 26 heteroatoms. The Hall–Kier alpha value is -6.27. The van der Waals surface area contributed by atoms with Gasteiger partial charge in [0.2, 0.25) is 0 Å². The molecule has 2 atom stereocenters. The predicted molar refractivity (Wildman–Crippen MR) is 244 cm³/mol. The van der Waals surface area contributed by atoms with Crippen LogP contribution in [0.4, 0.5) is 58.5 Å². The smallest absolute Gasteiger partial charge is 0.374 e. The second kappa shape index (κ2) is 19.2. The lowest BCUT2D eigenvalue weighted by Crippen LogP contribution is -2.38. The summed E-state index contributed by atoms with van der Waals surface area (Å²) < 4.78 is 161. The number of hydrogen-bond acceptors (Lipinski definition) is 9. The van der Waals surface area contributed by atoms with E-state index < -0.39 is 70.9 Å². The van der Waals surface area contributed by atoms with E-state index in [4.69, 9.17) is 34.8 Å².